The highest BCUT2D eigenvalue weighted by atomic mass is 35.5. The van der Waals surface area contributed by atoms with Gasteiger partial charge in [0, 0.05) is 16.1 Å². The lowest BCUT2D eigenvalue weighted by Crippen LogP contribution is -2.17. The molecule has 5 nitrogen and oxygen atoms in total. The second-order valence-electron chi connectivity index (χ2n) is 4.22. The number of hydrogen-bond acceptors (Lipinski definition) is 4. The van der Waals surface area contributed by atoms with Crippen LogP contribution in [-0.4, -0.2) is 17.2 Å². The molecular formula is C15H9Cl2N3O2. The Hall–Kier alpha value is -2.55. The third kappa shape index (κ3) is 3.76. The SMILES string of the molecule is N#Cc1cccc(C(=O)N/N=C/c2cc(Cl)cc(Cl)c2O)c1. The normalized spacial score (nSPS) is 10.4. The van der Waals surface area contributed by atoms with Crippen LogP contribution in [0, 0.1) is 11.3 Å². The maximum Gasteiger partial charge on any atom is 0.271 e. The molecule has 0 atom stereocenters. The molecule has 0 saturated heterocycles. The molecule has 0 bridgehead atoms. The van der Waals surface area contributed by atoms with Crippen molar-refractivity contribution in [2.45, 2.75) is 0 Å². The van der Waals surface area contributed by atoms with E-state index in [1.54, 1.807) is 18.2 Å². The predicted molar refractivity (Wildman–Crippen MR) is 84.3 cm³/mol. The Morgan fingerprint density at radius 3 is 2.82 bits per heavy atom. The summed E-state index contributed by atoms with van der Waals surface area (Å²) in [5, 5.41) is 22.7. The maximum atomic E-state index is 11.9. The molecule has 110 valence electrons. The van der Waals surface area contributed by atoms with Gasteiger partial charge in [0.1, 0.15) is 5.75 Å². The number of nitrogens with one attached hydrogen (secondary N) is 1. The number of phenolic OH excluding ortho intramolecular Hbond substituents is 1. The number of halogens is 2. The standard InChI is InChI=1S/C15H9Cl2N3O2/c16-12-5-11(14(21)13(17)6-12)8-19-20-15(22)10-3-1-2-9(4-10)7-18/h1-6,8,21H,(H,20,22)/b19-8+. The Balaban J connectivity index is 2.12. The number of rotatable bonds is 3. The van der Waals surface area contributed by atoms with Gasteiger partial charge in [-0.3, -0.25) is 4.79 Å². The molecule has 7 heteroatoms. The van der Waals surface area contributed by atoms with E-state index < -0.39 is 5.91 Å². The molecule has 0 spiro atoms. The van der Waals surface area contributed by atoms with E-state index in [1.807, 2.05) is 6.07 Å². The van der Waals surface area contributed by atoms with Gasteiger partial charge in [0.2, 0.25) is 0 Å². The number of carbonyl (C=O) groups is 1. The summed E-state index contributed by atoms with van der Waals surface area (Å²) < 4.78 is 0. The summed E-state index contributed by atoms with van der Waals surface area (Å²) in [4.78, 5) is 11.9. The summed E-state index contributed by atoms with van der Waals surface area (Å²) in [5.41, 5.74) is 3.22. The molecule has 0 fully saturated rings. The summed E-state index contributed by atoms with van der Waals surface area (Å²) in [6, 6.07) is 11.0. The van der Waals surface area contributed by atoms with Crippen LogP contribution in [-0.2, 0) is 0 Å². The zero-order chi connectivity index (χ0) is 16.1. The van der Waals surface area contributed by atoms with Crippen molar-refractivity contribution in [2.24, 2.45) is 5.10 Å². The number of benzene rings is 2. The molecule has 2 aromatic rings. The molecule has 0 radical (unpaired) electrons. The summed E-state index contributed by atoms with van der Waals surface area (Å²) in [6.45, 7) is 0. The highest BCUT2D eigenvalue weighted by Crippen LogP contribution is 2.29. The van der Waals surface area contributed by atoms with Crippen molar-refractivity contribution in [3.8, 4) is 11.8 Å². The van der Waals surface area contributed by atoms with Crippen molar-refractivity contribution >= 4 is 35.3 Å². The molecule has 1 amide bonds. The number of nitrogens with zero attached hydrogens (tertiary/aromatic N) is 2. The first-order valence-corrected chi connectivity index (χ1v) is 6.78. The number of amides is 1. The smallest absolute Gasteiger partial charge is 0.271 e. The van der Waals surface area contributed by atoms with Crippen molar-refractivity contribution in [3.63, 3.8) is 0 Å². The predicted octanol–water partition coefficient (Wildman–Crippen LogP) is 3.33. The Bertz CT molecular complexity index is 798. The number of aromatic hydroxyl groups is 1. The lowest BCUT2D eigenvalue weighted by atomic mass is 10.1. The number of hydrazone groups is 1. The van der Waals surface area contributed by atoms with Crippen molar-refractivity contribution in [1.82, 2.24) is 5.43 Å². The van der Waals surface area contributed by atoms with Crippen molar-refractivity contribution in [3.05, 3.63) is 63.1 Å². The third-order valence-corrected chi connectivity index (χ3v) is 3.19. The monoisotopic (exact) mass is 333 g/mol. The van der Waals surface area contributed by atoms with Gasteiger partial charge in [-0.1, -0.05) is 29.3 Å². The van der Waals surface area contributed by atoms with Crippen LogP contribution in [0.3, 0.4) is 0 Å². The average Bonchev–Trinajstić information content (AvgIpc) is 2.51. The van der Waals surface area contributed by atoms with Crippen LogP contribution >= 0.6 is 23.2 Å². The third-order valence-electron chi connectivity index (χ3n) is 2.68. The van der Waals surface area contributed by atoms with Crippen LogP contribution < -0.4 is 5.43 Å². The van der Waals surface area contributed by atoms with E-state index in [9.17, 15) is 9.90 Å². The molecule has 2 rings (SSSR count). The fourth-order valence-electron chi connectivity index (χ4n) is 1.64. The largest absolute Gasteiger partial charge is 0.506 e. The van der Waals surface area contributed by atoms with Gasteiger partial charge in [0.05, 0.1) is 22.9 Å². The van der Waals surface area contributed by atoms with Crippen LogP contribution in [0.25, 0.3) is 0 Å². The van der Waals surface area contributed by atoms with Crippen LogP contribution in [0.2, 0.25) is 10.0 Å². The minimum absolute atomic E-state index is 0.0852. The fraction of sp³-hybridized carbons (Fsp3) is 0. The molecule has 2 aromatic carbocycles. The van der Waals surface area contributed by atoms with E-state index in [0.29, 0.717) is 16.1 Å². The molecule has 0 unspecified atom stereocenters. The Labute approximate surface area is 136 Å². The molecule has 0 aliphatic heterocycles. The van der Waals surface area contributed by atoms with Crippen LogP contribution in [0.15, 0.2) is 41.5 Å². The van der Waals surface area contributed by atoms with Gasteiger partial charge in [0.15, 0.2) is 0 Å². The van der Waals surface area contributed by atoms with Gasteiger partial charge in [-0.25, -0.2) is 5.43 Å². The maximum absolute atomic E-state index is 11.9. The first-order chi connectivity index (χ1) is 10.5. The minimum Gasteiger partial charge on any atom is -0.506 e. The lowest BCUT2D eigenvalue weighted by molar-refractivity contribution is 0.0955. The highest BCUT2D eigenvalue weighted by molar-refractivity contribution is 6.36. The van der Waals surface area contributed by atoms with Crippen LogP contribution in [0.4, 0.5) is 0 Å². The first kappa shape index (κ1) is 15.8. The lowest BCUT2D eigenvalue weighted by Gasteiger charge is -2.03. The van der Waals surface area contributed by atoms with Crippen LogP contribution in [0.5, 0.6) is 5.75 Å². The minimum atomic E-state index is -0.485. The Morgan fingerprint density at radius 1 is 1.32 bits per heavy atom. The molecule has 0 heterocycles. The van der Waals surface area contributed by atoms with E-state index in [1.165, 1.54) is 24.4 Å². The van der Waals surface area contributed by atoms with Gasteiger partial charge >= 0.3 is 0 Å². The van der Waals surface area contributed by atoms with Crippen molar-refractivity contribution < 1.29 is 9.90 Å². The number of nitriles is 1. The molecule has 0 aliphatic carbocycles. The number of hydrogen-bond donors (Lipinski definition) is 2. The number of phenols is 1. The average molecular weight is 334 g/mol. The molecule has 0 aromatic heterocycles. The van der Waals surface area contributed by atoms with E-state index in [2.05, 4.69) is 10.5 Å². The van der Waals surface area contributed by atoms with Gasteiger partial charge in [0.25, 0.3) is 5.91 Å². The van der Waals surface area contributed by atoms with E-state index >= 15 is 0 Å². The molecule has 22 heavy (non-hydrogen) atoms. The zero-order valence-electron chi connectivity index (χ0n) is 11.0. The Morgan fingerprint density at radius 2 is 2.09 bits per heavy atom. The molecule has 0 aliphatic rings. The first-order valence-electron chi connectivity index (χ1n) is 6.03. The zero-order valence-corrected chi connectivity index (χ0v) is 12.6. The fourth-order valence-corrected chi connectivity index (χ4v) is 2.15. The summed E-state index contributed by atoms with van der Waals surface area (Å²) in [5.74, 6) is -0.670. The second-order valence-corrected chi connectivity index (χ2v) is 5.06. The second kappa shape index (κ2) is 6.94. The molecular weight excluding hydrogens is 325 g/mol. The van der Waals surface area contributed by atoms with Gasteiger partial charge in [-0.2, -0.15) is 10.4 Å². The van der Waals surface area contributed by atoms with E-state index in [0.717, 1.165) is 0 Å². The van der Waals surface area contributed by atoms with Crippen molar-refractivity contribution in [2.75, 3.05) is 0 Å². The highest BCUT2D eigenvalue weighted by Gasteiger charge is 2.07. The molecule has 2 N–H and O–H groups in total. The molecule has 0 saturated carbocycles. The van der Waals surface area contributed by atoms with Crippen LogP contribution in [0.1, 0.15) is 21.5 Å². The number of carbonyl (C=O) groups excluding carboxylic acids is 1. The summed E-state index contributed by atoms with van der Waals surface area (Å²) in [7, 11) is 0. The summed E-state index contributed by atoms with van der Waals surface area (Å²) >= 11 is 11.6. The summed E-state index contributed by atoms with van der Waals surface area (Å²) in [6.07, 6.45) is 1.22. The van der Waals surface area contributed by atoms with Gasteiger partial charge < -0.3 is 5.11 Å². The van der Waals surface area contributed by atoms with Crippen molar-refractivity contribution in [1.29, 1.82) is 5.26 Å². The Kier molecular flexibility index (Phi) is 4.99. The van der Waals surface area contributed by atoms with E-state index in [-0.39, 0.29) is 16.3 Å². The topological polar surface area (TPSA) is 85.5 Å². The van der Waals surface area contributed by atoms with E-state index in [4.69, 9.17) is 28.5 Å². The van der Waals surface area contributed by atoms with Gasteiger partial charge in [-0.15, -0.1) is 0 Å². The van der Waals surface area contributed by atoms with Gasteiger partial charge in [-0.05, 0) is 30.3 Å². The quantitative estimate of drug-likeness (QED) is 0.667.